The van der Waals surface area contributed by atoms with Crippen molar-refractivity contribution in [2.75, 3.05) is 17.2 Å². The third-order valence-electron chi connectivity index (χ3n) is 4.24. The normalized spacial score (nSPS) is 10.5. The number of anilines is 3. The number of aromatic nitrogens is 2. The highest BCUT2D eigenvalue weighted by Crippen LogP contribution is 2.24. The number of hydrogen-bond donors (Lipinski definition) is 2. The predicted octanol–water partition coefficient (Wildman–Crippen LogP) is 5.49. The molecule has 6 heteroatoms. The highest BCUT2D eigenvalue weighted by Gasteiger charge is 2.08. The minimum absolute atomic E-state index is 0.512. The standard InChI is InChI=1S/C23H22N4O2/c1-2-28-19-12-10-18(11-13-19)25-23-26-21(17-7-4-3-5-8-17)15-22(27-23)24-16-20-9-6-14-29-20/h3-15H,2,16H2,1H3,(H2,24,25,26,27). The molecular formula is C23H22N4O2. The molecule has 0 aliphatic heterocycles. The highest BCUT2D eigenvalue weighted by molar-refractivity contribution is 5.66. The molecule has 0 saturated heterocycles. The lowest BCUT2D eigenvalue weighted by Crippen LogP contribution is -2.05. The summed E-state index contributed by atoms with van der Waals surface area (Å²) in [5.74, 6) is 2.89. The summed E-state index contributed by atoms with van der Waals surface area (Å²) in [7, 11) is 0. The fraction of sp³-hybridized carbons (Fsp3) is 0.130. The van der Waals surface area contributed by atoms with Gasteiger partial charge in [0, 0.05) is 17.3 Å². The van der Waals surface area contributed by atoms with E-state index in [2.05, 4.69) is 20.6 Å². The minimum Gasteiger partial charge on any atom is -0.494 e. The van der Waals surface area contributed by atoms with Crippen molar-refractivity contribution >= 4 is 17.5 Å². The third-order valence-corrected chi connectivity index (χ3v) is 4.24. The van der Waals surface area contributed by atoms with Gasteiger partial charge in [0.05, 0.1) is 25.1 Å². The van der Waals surface area contributed by atoms with Gasteiger partial charge >= 0.3 is 0 Å². The van der Waals surface area contributed by atoms with Crippen LogP contribution in [0.3, 0.4) is 0 Å². The van der Waals surface area contributed by atoms with E-state index >= 15 is 0 Å². The van der Waals surface area contributed by atoms with Crippen LogP contribution >= 0.6 is 0 Å². The van der Waals surface area contributed by atoms with E-state index < -0.39 is 0 Å². The molecule has 0 bridgehead atoms. The van der Waals surface area contributed by atoms with E-state index in [1.54, 1.807) is 6.26 Å². The molecule has 4 rings (SSSR count). The van der Waals surface area contributed by atoms with E-state index in [0.717, 1.165) is 28.5 Å². The number of hydrogen-bond acceptors (Lipinski definition) is 6. The Bertz CT molecular complexity index is 1030. The zero-order valence-electron chi connectivity index (χ0n) is 16.1. The van der Waals surface area contributed by atoms with E-state index in [4.69, 9.17) is 9.15 Å². The first-order valence-electron chi connectivity index (χ1n) is 9.51. The Kier molecular flexibility index (Phi) is 5.71. The molecule has 0 aliphatic rings. The Morgan fingerprint density at radius 2 is 1.76 bits per heavy atom. The van der Waals surface area contributed by atoms with Gasteiger partial charge in [-0.2, -0.15) is 4.98 Å². The van der Waals surface area contributed by atoms with Crippen molar-refractivity contribution in [1.29, 1.82) is 0 Å². The fourth-order valence-electron chi connectivity index (χ4n) is 2.87. The Labute approximate surface area is 169 Å². The summed E-state index contributed by atoms with van der Waals surface area (Å²) in [6, 6.07) is 23.5. The van der Waals surface area contributed by atoms with Crippen LogP contribution < -0.4 is 15.4 Å². The average molecular weight is 386 g/mol. The molecule has 2 aromatic carbocycles. The van der Waals surface area contributed by atoms with Gasteiger partial charge in [0.15, 0.2) is 0 Å². The summed E-state index contributed by atoms with van der Waals surface area (Å²) in [6.45, 7) is 3.15. The molecule has 0 saturated carbocycles. The van der Waals surface area contributed by atoms with Crippen molar-refractivity contribution in [3.05, 3.63) is 84.8 Å². The van der Waals surface area contributed by atoms with Crippen molar-refractivity contribution in [2.24, 2.45) is 0 Å². The van der Waals surface area contributed by atoms with Crippen LogP contribution in [-0.4, -0.2) is 16.6 Å². The third kappa shape index (κ3) is 4.93. The number of furan rings is 1. The first kappa shape index (κ1) is 18.6. The summed E-state index contributed by atoms with van der Waals surface area (Å²) >= 11 is 0. The van der Waals surface area contributed by atoms with Gasteiger partial charge in [-0.25, -0.2) is 4.98 Å². The maximum absolute atomic E-state index is 5.50. The average Bonchev–Trinajstić information content (AvgIpc) is 3.28. The molecule has 6 nitrogen and oxygen atoms in total. The monoisotopic (exact) mass is 386 g/mol. The van der Waals surface area contributed by atoms with Gasteiger partial charge in [0.1, 0.15) is 17.3 Å². The van der Waals surface area contributed by atoms with Crippen LogP contribution in [0.5, 0.6) is 5.75 Å². The second-order valence-electron chi connectivity index (χ2n) is 6.34. The molecule has 2 aromatic heterocycles. The molecule has 2 N–H and O–H groups in total. The summed E-state index contributed by atoms with van der Waals surface area (Å²) in [4.78, 5) is 9.29. The number of nitrogens with one attached hydrogen (secondary N) is 2. The Morgan fingerprint density at radius 1 is 0.931 bits per heavy atom. The quantitative estimate of drug-likeness (QED) is 0.417. The number of benzene rings is 2. The SMILES string of the molecule is CCOc1ccc(Nc2nc(NCc3ccco3)cc(-c3ccccc3)n2)cc1. The molecule has 2 heterocycles. The molecule has 0 amide bonds. The van der Waals surface area contributed by atoms with Crippen LogP contribution in [0.1, 0.15) is 12.7 Å². The van der Waals surface area contributed by atoms with Crippen LogP contribution in [0.15, 0.2) is 83.5 Å². The topological polar surface area (TPSA) is 72.2 Å². The first-order chi connectivity index (χ1) is 14.3. The van der Waals surface area contributed by atoms with Crippen LogP contribution in [0.25, 0.3) is 11.3 Å². The zero-order chi connectivity index (χ0) is 19.9. The van der Waals surface area contributed by atoms with Gasteiger partial charge in [-0.05, 0) is 43.3 Å². The van der Waals surface area contributed by atoms with Gasteiger partial charge in [-0.15, -0.1) is 0 Å². The van der Waals surface area contributed by atoms with Crippen molar-refractivity contribution in [3.63, 3.8) is 0 Å². The molecule has 0 atom stereocenters. The van der Waals surface area contributed by atoms with E-state index in [0.29, 0.717) is 24.9 Å². The lowest BCUT2D eigenvalue weighted by Gasteiger charge is -2.11. The van der Waals surface area contributed by atoms with Gasteiger partial charge in [0.25, 0.3) is 0 Å². The van der Waals surface area contributed by atoms with Crippen LogP contribution in [0.2, 0.25) is 0 Å². The molecule has 0 spiro atoms. The summed E-state index contributed by atoms with van der Waals surface area (Å²) in [5.41, 5.74) is 2.73. The van der Waals surface area contributed by atoms with Gasteiger partial charge < -0.3 is 19.8 Å². The van der Waals surface area contributed by atoms with Crippen LogP contribution in [0, 0.1) is 0 Å². The molecule has 0 radical (unpaired) electrons. The zero-order valence-corrected chi connectivity index (χ0v) is 16.1. The number of ether oxygens (including phenoxy) is 1. The molecule has 4 aromatic rings. The smallest absolute Gasteiger partial charge is 0.229 e. The second kappa shape index (κ2) is 8.93. The van der Waals surface area contributed by atoms with E-state index in [-0.39, 0.29) is 0 Å². The van der Waals surface area contributed by atoms with Crippen molar-refractivity contribution in [1.82, 2.24) is 9.97 Å². The largest absolute Gasteiger partial charge is 0.494 e. The number of nitrogens with zero attached hydrogens (tertiary/aromatic N) is 2. The molecule has 29 heavy (non-hydrogen) atoms. The maximum atomic E-state index is 5.50. The van der Waals surface area contributed by atoms with Crippen molar-refractivity contribution in [2.45, 2.75) is 13.5 Å². The molecule has 0 unspecified atom stereocenters. The van der Waals surface area contributed by atoms with E-state index in [9.17, 15) is 0 Å². The van der Waals surface area contributed by atoms with Crippen LogP contribution in [-0.2, 0) is 6.54 Å². The molecule has 0 fully saturated rings. The summed E-state index contributed by atoms with van der Waals surface area (Å²) in [6.07, 6.45) is 1.66. The molecule has 0 aliphatic carbocycles. The first-order valence-corrected chi connectivity index (χ1v) is 9.51. The fourth-order valence-corrected chi connectivity index (χ4v) is 2.87. The summed E-state index contributed by atoms with van der Waals surface area (Å²) in [5, 5.41) is 6.58. The van der Waals surface area contributed by atoms with Gasteiger partial charge in [-0.3, -0.25) is 0 Å². The lowest BCUT2D eigenvalue weighted by molar-refractivity contribution is 0.340. The highest BCUT2D eigenvalue weighted by atomic mass is 16.5. The van der Waals surface area contributed by atoms with Crippen molar-refractivity contribution in [3.8, 4) is 17.0 Å². The maximum Gasteiger partial charge on any atom is 0.229 e. The van der Waals surface area contributed by atoms with Gasteiger partial charge in [-0.1, -0.05) is 30.3 Å². The van der Waals surface area contributed by atoms with E-state index in [1.807, 2.05) is 79.7 Å². The van der Waals surface area contributed by atoms with Crippen molar-refractivity contribution < 1.29 is 9.15 Å². The Morgan fingerprint density at radius 3 is 2.48 bits per heavy atom. The number of rotatable bonds is 8. The van der Waals surface area contributed by atoms with E-state index in [1.165, 1.54) is 0 Å². The lowest BCUT2D eigenvalue weighted by atomic mass is 10.1. The Hall–Kier alpha value is -3.80. The molecular weight excluding hydrogens is 364 g/mol. The minimum atomic E-state index is 0.512. The second-order valence-corrected chi connectivity index (χ2v) is 6.34. The summed E-state index contributed by atoms with van der Waals surface area (Å²) < 4.78 is 10.9. The Balaban J connectivity index is 1.59. The molecule has 146 valence electrons. The van der Waals surface area contributed by atoms with Crippen LogP contribution in [0.4, 0.5) is 17.5 Å². The van der Waals surface area contributed by atoms with Gasteiger partial charge in [0.2, 0.25) is 5.95 Å². The predicted molar refractivity (Wildman–Crippen MR) is 114 cm³/mol.